The number of nitrogens with one attached hydrogen (secondary N) is 1. The lowest BCUT2D eigenvalue weighted by Crippen LogP contribution is -2.15. The quantitative estimate of drug-likeness (QED) is 0.878. The highest BCUT2D eigenvalue weighted by molar-refractivity contribution is 7.92. The van der Waals surface area contributed by atoms with E-state index in [1.165, 1.54) is 0 Å². The van der Waals surface area contributed by atoms with E-state index >= 15 is 0 Å². The number of anilines is 1. The van der Waals surface area contributed by atoms with Gasteiger partial charge in [0.1, 0.15) is 10.7 Å². The zero-order valence-electron chi connectivity index (χ0n) is 12.0. The lowest BCUT2D eigenvalue weighted by Gasteiger charge is -2.10. The second kappa shape index (κ2) is 6.15. The fourth-order valence-electron chi connectivity index (χ4n) is 1.79. The van der Waals surface area contributed by atoms with E-state index in [1.54, 1.807) is 24.3 Å². The molecule has 0 radical (unpaired) electrons. The van der Waals surface area contributed by atoms with Gasteiger partial charge in [0.05, 0.1) is 12.7 Å². The van der Waals surface area contributed by atoms with Crippen LogP contribution in [-0.4, -0.2) is 21.5 Å². The molecule has 0 spiro atoms. The van der Waals surface area contributed by atoms with Crippen LogP contribution in [0.5, 0.6) is 0 Å². The molecule has 2 aromatic rings. The van der Waals surface area contributed by atoms with Crippen molar-refractivity contribution in [2.24, 2.45) is 0 Å². The van der Waals surface area contributed by atoms with Crippen molar-refractivity contribution in [1.82, 2.24) is 0 Å². The van der Waals surface area contributed by atoms with E-state index in [0.29, 0.717) is 5.69 Å². The monoisotopic (exact) mass is 323 g/mol. The van der Waals surface area contributed by atoms with Crippen LogP contribution < -0.4 is 4.72 Å². The molecule has 22 heavy (non-hydrogen) atoms. The average molecular weight is 323 g/mol. The third-order valence-electron chi connectivity index (χ3n) is 2.95. The summed E-state index contributed by atoms with van der Waals surface area (Å²) in [6, 6.07) is 9.59. The number of hydrogen-bond acceptors (Lipinski definition) is 4. The maximum absolute atomic E-state index is 13.8. The van der Waals surface area contributed by atoms with Gasteiger partial charge in [0.15, 0.2) is 0 Å². The van der Waals surface area contributed by atoms with Crippen LogP contribution in [0.15, 0.2) is 47.4 Å². The van der Waals surface area contributed by atoms with Gasteiger partial charge in [-0.3, -0.25) is 4.72 Å². The predicted molar refractivity (Wildman–Crippen MR) is 79.7 cm³/mol. The van der Waals surface area contributed by atoms with Crippen molar-refractivity contribution in [3.05, 3.63) is 59.4 Å². The molecule has 0 bridgehead atoms. The first-order chi connectivity index (χ1) is 10.3. The Kier molecular flexibility index (Phi) is 4.46. The van der Waals surface area contributed by atoms with Gasteiger partial charge in [-0.2, -0.15) is 0 Å². The fraction of sp³-hybridized carbons (Fsp3) is 0.133. The minimum absolute atomic E-state index is 0.0480. The second-order valence-electron chi connectivity index (χ2n) is 4.61. The molecule has 1 N–H and O–H groups in total. The highest BCUT2D eigenvalue weighted by Gasteiger charge is 2.21. The summed E-state index contributed by atoms with van der Waals surface area (Å²) in [6.45, 7) is 1.86. The first-order valence-electron chi connectivity index (χ1n) is 6.31. The van der Waals surface area contributed by atoms with Crippen LogP contribution in [0.25, 0.3) is 0 Å². The Morgan fingerprint density at radius 2 is 1.77 bits per heavy atom. The Hall–Kier alpha value is -2.41. The van der Waals surface area contributed by atoms with Crippen molar-refractivity contribution in [3.63, 3.8) is 0 Å². The molecule has 0 atom stereocenters. The molecule has 0 aliphatic rings. The minimum atomic E-state index is -4.15. The maximum Gasteiger partial charge on any atom is 0.337 e. The van der Waals surface area contributed by atoms with E-state index in [-0.39, 0.29) is 5.56 Å². The highest BCUT2D eigenvalue weighted by atomic mass is 32.2. The summed E-state index contributed by atoms with van der Waals surface area (Å²) in [5, 5.41) is 0. The van der Waals surface area contributed by atoms with Crippen LogP contribution in [0.1, 0.15) is 15.9 Å². The molecule has 2 aromatic carbocycles. The van der Waals surface area contributed by atoms with Crippen molar-refractivity contribution < 1.29 is 22.3 Å². The molecule has 5 nitrogen and oxygen atoms in total. The Morgan fingerprint density at radius 1 is 1.14 bits per heavy atom. The number of carbonyl (C=O) groups is 1. The zero-order chi connectivity index (χ0) is 16.3. The van der Waals surface area contributed by atoms with E-state index < -0.39 is 26.7 Å². The Labute approximate surface area is 127 Å². The molecular formula is C15H14FNO4S. The standard InChI is InChI=1S/C15H14FNO4S/c1-10-3-6-12(7-4-10)17-22(19,20)14-9-11(15(18)21-2)5-8-13(14)16/h3-9,17H,1-2H3. The van der Waals surface area contributed by atoms with E-state index in [1.807, 2.05) is 6.92 Å². The van der Waals surface area contributed by atoms with Gasteiger partial charge in [0.25, 0.3) is 10.0 Å². The molecule has 0 aliphatic carbocycles. The number of ether oxygens (including phenoxy) is 1. The molecule has 0 fully saturated rings. The van der Waals surface area contributed by atoms with Gasteiger partial charge in [-0.05, 0) is 37.3 Å². The summed E-state index contributed by atoms with van der Waals surface area (Å²) < 4.78 is 45.1. The summed E-state index contributed by atoms with van der Waals surface area (Å²) in [6.07, 6.45) is 0. The number of benzene rings is 2. The molecular weight excluding hydrogens is 309 g/mol. The molecule has 2 rings (SSSR count). The molecule has 0 aliphatic heterocycles. The van der Waals surface area contributed by atoms with Crippen LogP contribution in [0.4, 0.5) is 10.1 Å². The van der Waals surface area contributed by atoms with Gasteiger partial charge < -0.3 is 4.74 Å². The van der Waals surface area contributed by atoms with Gasteiger partial charge in [-0.15, -0.1) is 0 Å². The zero-order valence-corrected chi connectivity index (χ0v) is 12.8. The Balaban J connectivity index is 2.40. The summed E-state index contributed by atoms with van der Waals surface area (Å²) in [7, 11) is -3.00. The molecule has 0 amide bonds. The van der Waals surface area contributed by atoms with Crippen LogP contribution in [0.2, 0.25) is 0 Å². The van der Waals surface area contributed by atoms with Gasteiger partial charge in [-0.25, -0.2) is 17.6 Å². The molecule has 116 valence electrons. The number of hydrogen-bond donors (Lipinski definition) is 1. The lowest BCUT2D eigenvalue weighted by atomic mass is 10.2. The van der Waals surface area contributed by atoms with Crippen molar-refractivity contribution in [3.8, 4) is 0 Å². The number of carbonyl (C=O) groups excluding carboxylic acids is 1. The molecule has 0 saturated carbocycles. The van der Waals surface area contributed by atoms with E-state index in [4.69, 9.17) is 0 Å². The number of rotatable bonds is 4. The maximum atomic E-state index is 13.8. The third-order valence-corrected chi connectivity index (χ3v) is 4.34. The van der Waals surface area contributed by atoms with Crippen molar-refractivity contribution in [2.45, 2.75) is 11.8 Å². The minimum Gasteiger partial charge on any atom is -0.465 e. The van der Waals surface area contributed by atoms with Gasteiger partial charge >= 0.3 is 5.97 Å². The largest absolute Gasteiger partial charge is 0.465 e. The normalized spacial score (nSPS) is 11.0. The van der Waals surface area contributed by atoms with Gasteiger partial charge in [0.2, 0.25) is 0 Å². The van der Waals surface area contributed by atoms with Gasteiger partial charge in [0, 0.05) is 5.69 Å². The molecule has 7 heteroatoms. The van der Waals surface area contributed by atoms with Crippen molar-refractivity contribution in [1.29, 1.82) is 0 Å². The van der Waals surface area contributed by atoms with Crippen LogP contribution in [-0.2, 0) is 14.8 Å². The predicted octanol–water partition coefficient (Wildman–Crippen LogP) is 2.72. The van der Waals surface area contributed by atoms with Crippen LogP contribution in [0.3, 0.4) is 0 Å². The molecule has 0 aromatic heterocycles. The summed E-state index contributed by atoms with van der Waals surface area (Å²) in [4.78, 5) is 10.8. The third kappa shape index (κ3) is 3.43. The Morgan fingerprint density at radius 3 is 2.36 bits per heavy atom. The first-order valence-corrected chi connectivity index (χ1v) is 7.79. The second-order valence-corrected chi connectivity index (χ2v) is 6.26. The van der Waals surface area contributed by atoms with Crippen LogP contribution >= 0.6 is 0 Å². The SMILES string of the molecule is COC(=O)c1ccc(F)c(S(=O)(=O)Nc2ccc(C)cc2)c1. The van der Waals surface area contributed by atoms with Crippen molar-refractivity contribution in [2.75, 3.05) is 11.8 Å². The van der Waals surface area contributed by atoms with Crippen molar-refractivity contribution >= 4 is 21.7 Å². The van der Waals surface area contributed by atoms with Gasteiger partial charge in [-0.1, -0.05) is 17.7 Å². The number of aryl methyl sites for hydroxylation is 1. The fourth-order valence-corrected chi connectivity index (χ4v) is 2.95. The van der Waals surface area contributed by atoms with E-state index in [0.717, 1.165) is 30.9 Å². The summed E-state index contributed by atoms with van der Waals surface area (Å²) in [5.41, 5.74) is 1.21. The lowest BCUT2D eigenvalue weighted by molar-refractivity contribution is 0.0600. The highest BCUT2D eigenvalue weighted by Crippen LogP contribution is 2.21. The summed E-state index contributed by atoms with van der Waals surface area (Å²) in [5.74, 6) is -1.70. The molecule has 0 saturated heterocycles. The Bertz CT molecular complexity index is 801. The number of methoxy groups -OCH3 is 1. The van der Waals surface area contributed by atoms with E-state index in [9.17, 15) is 17.6 Å². The topological polar surface area (TPSA) is 72.5 Å². The number of esters is 1. The smallest absolute Gasteiger partial charge is 0.337 e. The molecule has 0 heterocycles. The number of halogens is 1. The average Bonchev–Trinajstić information content (AvgIpc) is 2.49. The van der Waals surface area contributed by atoms with E-state index in [2.05, 4.69) is 9.46 Å². The molecule has 0 unspecified atom stereocenters. The van der Waals surface area contributed by atoms with Crippen LogP contribution in [0, 0.1) is 12.7 Å². The summed E-state index contributed by atoms with van der Waals surface area (Å²) >= 11 is 0. The first kappa shape index (κ1) is 16.0. The number of sulfonamides is 1.